The van der Waals surface area contributed by atoms with Crippen molar-refractivity contribution >= 4 is 5.91 Å². The maximum absolute atomic E-state index is 12.0. The third kappa shape index (κ3) is 2.51. The molecule has 2 aromatic rings. The van der Waals surface area contributed by atoms with E-state index in [4.69, 9.17) is 20.6 Å². The first-order valence-electron chi connectivity index (χ1n) is 8.47. The fraction of sp³-hybridized carbons (Fsp3) is 0.500. The molecule has 0 spiro atoms. The van der Waals surface area contributed by atoms with E-state index >= 15 is 0 Å². The quantitative estimate of drug-likeness (QED) is 0.906. The van der Waals surface area contributed by atoms with Gasteiger partial charge in [0.05, 0.1) is 13.2 Å². The van der Waals surface area contributed by atoms with E-state index < -0.39 is 5.41 Å². The summed E-state index contributed by atoms with van der Waals surface area (Å²) in [5.41, 5.74) is 7.42. The van der Waals surface area contributed by atoms with Gasteiger partial charge in [-0.15, -0.1) is 0 Å². The summed E-state index contributed by atoms with van der Waals surface area (Å²) in [4.78, 5) is 16.7. The number of aromatic nitrogens is 3. The van der Waals surface area contributed by atoms with Crippen molar-refractivity contribution in [1.82, 2.24) is 14.8 Å². The highest BCUT2D eigenvalue weighted by Gasteiger charge is 2.54. The van der Waals surface area contributed by atoms with Gasteiger partial charge in [-0.05, 0) is 37.3 Å². The fourth-order valence-corrected chi connectivity index (χ4v) is 3.39. The van der Waals surface area contributed by atoms with Gasteiger partial charge in [-0.2, -0.15) is 5.10 Å². The smallest absolute Gasteiger partial charge is 0.231 e. The fourth-order valence-electron chi connectivity index (χ4n) is 3.39. The standard InChI is InChI=1S/C18H22N4O2/c1-12-4-2-3-5-13(12)10-22-17(18(7-8-18)16(19)23)20-15(21-22)14-6-9-24-11-14/h2-5,14H,6-11H2,1H3,(H2,19,23)/t14-/m1/s1. The van der Waals surface area contributed by atoms with Crippen LogP contribution in [0.25, 0.3) is 0 Å². The number of ether oxygens (including phenoxy) is 1. The number of carbonyl (C=O) groups excluding carboxylic acids is 1. The van der Waals surface area contributed by atoms with Crippen molar-refractivity contribution in [1.29, 1.82) is 0 Å². The predicted molar refractivity (Wildman–Crippen MR) is 88.6 cm³/mol. The normalized spacial score (nSPS) is 21.8. The van der Waals surface area contributed by atoms with Crippen LogP contribution < -0.4 is 5.73 Å². The minimum Gasteiger partial charge on any atom is -0.381 e. The molecular weight excluding hydrogens is 304 g/mol. The van der Waals surface area contributed by atoms with E-state index in [0.717, 1.165) is 37.5 Å². The van der Waals surface area contributed by atoms with Crippen molar-refractivity contribution in [3.8, 4) is 0 Å². The number of hydrogen-bond acceptors (Lipinski definition) is 4. The lowest BCUT2D eigenvalue weighted by atomic mass is 10.0. The van der Waals surface area contributed by atoms with Gasteiger partial charge in [0.1, 0.15) is 11.2 Å². The molecule has 0 unspecified atom stereocenters. The second-order valence-corrected chi connectivity index (χ2v) is 6.88. The van der Waals surface area contributed by atoms with Gasteiger partial charge in [-0.1, -0.05) is 24.3 Å². The van der Waals surface area contributed by atoms with Crippen LogP contribution in [0.3, 0.4) is 0 Å². The summed E-state index contributed by atoms with van der Waals surface area (Å²) in [7, 11) is 0. The summed E-state index contributed by atoms with van der Waals surface area (Å²) in [6, 6.07) is 8.21. The zero-order chi connectivity index (χ0) is 16.7. The number of carbonyl (C=O) groups is 1. The van der Waals surface area contributed by atoms with E-state index in [0.29, 0.717) is 13.2 Å². The molecule has 2 aliphatic rings. The van der Waals surface area contributed by atoms with Crippen LogP contribution in [-0.2, 0) is 21.5 Å². The number of amides is 1. The van der Waals surface area contributed by atoms with Crippen molar-refractivity contribution in [2.75, 3.05) is 13.2 Å². The average molecular weight is 326 g/mol. The third-order valence-corrected chi connectivity index (χ3v) is 5.21. The Morgan fingerprint density at radius 2 is 2.21 bits per heavy atom. The van der Waals surface area contributed by atoms with Crippen LogP contribution >= 0.6 is 0 Å². The number of rotatable bonds is 5. The lowest BCUT2D eigenvalue weighted by Gasteiger charge is -2.13. The first-order chi connectivity index (χ1) is 11.6. The molecular formula is C18H22N4O2. The molecule has 0 bridgehead atoms. The molecule has 1 saturated heterocycles. The molecule has 1 aromatic carbocycles. The van der Waals surface area contributed by atoms with Crippen molar-refractivity contribution in [2.24, 2.45) is 5.73 Å². The Morgan fingerprint density at radius 1 is 1.42 bits per heavy atom. The Bertz CT molecular complexity index is 773. The molecule has 0 radical (unpaired) electrons. The van der Waals surface area contributed by atoms with Gasteiger partial charge < -0.3 is 10.5 Å². The Morgan fingerprint density at radius 3 is 2.83 bits per heavy atom. The summed E-state index contributed by atoms with van der Waals surface area (Å²) in [5, 5.41) is 4.74. The summed E-state index contributed by atoms with van der Waals surface area (Å²) < 4.78 is 7.35. The van der Waals surface area contributed by atoms with E-state index in [1.165, 1.54) is 11.1 Å². The maximum atomic E-state index is 12.0. The molecule has 2 fully saturated rings. The van der Waals surface area contributed by atoms with Crippen LogP contribution in [-0.4, -0.2) is 33.9 Å². The van der Waals surface area contributed by atoms with Gasteiger partial charge in [0, 0.05) is 12.5 Å². The Kier molecular flexibility index (Phi) is 3.64. The average Bonchev–Trinajstić information content (AvgIpc) is 3.01. The van der Waals surface area contributed by atoms with Gasteiger partial charge in [0.25, 0.3) is 0 Å². The Hall–Kier alpha value is -2.21. The summed E-state index contributed by atoms with van der Waals surface area (Å²) in [6.07, 6.45) is 2.45. The molecule has 2 N–H and O–H groups in total. The molecule has 2 heterocycles. The Balaban J connectivity index is 1.73. The van der Waals surface area contributed by atoms with E-state index in [2.05, 4.69) is 19.1 Å². The maximum Gasteiger partial charge on any atom is 0.231 e. The van der Waals surface area contributed by atoms with E-state index in [-0.39, 0.29) is 11.8 Å². The predicted octanol–water partition coefficient (Wildman–Crippen LogP) is 1.66. The lowest BCUT2D eigenvalue weighted by molar-refractivity contribution is -0.120. The van der Waals surface area contributed by atoms with Gasteiger partial charge in [-0.3, -0.25) is 4.79 Å². The molecule has 24 heavy (non-hydrogen) atoms. The summed E-state index contributed by atoms with van der Waals surface area (Å²) in [6.45, 7) is 4.08. The van der Waals surface area contributed by atoms with E-state index in [9.17, 15) is 4.79 Å². The van der Waals surface area contributed by atoms with Crippen molar-refractivity contribution < 1.29 is 9.53 Å². The second-order valence-electron chi connectivity index (χ2n) is 6.88. The molecule has 1 saturated carbocycles. The second kappa shape index (κ2) is 5.70. The molecule has 1 amide bonds. The molecule has 1 aliphatic carbocycles. The monoisotopic (exact) mass is 326 g/mol. The zero-order valence-corrected chi connectivity index (χ0v) is 13.9. The zero-order valence-electron chi connectivity index (χ0n) is 13.9. The van der Waals surface area contributed by atoms with E-state index in [1.807, 2.05) is 16.8 Å². The van der Waals surface area contributed by atoms with E-state index in [1.54, 1.807) is 0 Å². The van der Waals surface area contributed by atoms with Crippen LogP contribution in [0.15, 0.2) is 24.3 Å². The van der Waals surface area contributed by atoms with Gasteiger partial charge in [-0.25, -0.2) is 9.67 Å². The van der Waals surface area contributed by atoms with Crippen LogP contribution in [0.1, 0.15) is 48.0 Å². The summed E-state index contributed by atoms with van der Waals surface area (Å²) in [5.74, 6) is 1.42. The first-order valence-corrected chi connectivity index (χ1v) is 8.47. The SMILES string of the molecule is Cc1ccccc1Cn1nc([C@@H]2CCOC2)nc1C1(C(N)=O)CC1. The third-order valence-electron chi connectivity index (χ3n) is 5.21. The number of aryl methyl sites for hydroxylation is 1. The number of benzene rings is 1. The van der Waals surface area contributed by atoms with Gasteiger partial charge >= 0.3 is 0 Å². The molecule has 1 aliphatic heterocycles. The first kappa shape index (κ1) is 15.3. The molecule has 1 atom stereocenters. The number of hydrogen-bond donors (Lipinski definition) is 1. The van der Waals surface area contributed by atoms with Crippen molar-refractivity contribution in [3.05, 3.63) is 47.0 Å². The molecule has 1 aromatic heterocycles. The van der Waals surface area contributed by atoms with Crippen LogP contribution in [0.5, 0.6) is 0 Å². The molecule has 6 heteroatoms. The molecule has 6 nitrogen and oxygen atoms in total. The van der Waals surface area contributed by atoms with Crippen LogP contribution in [0, 0.1) is 6.92 Å². The highest BCUT2D eigenvalue weighted by atomic mass is 16.5. The van der Waals surface area contributed by atoms with Crippen LogP contribution in [0.2, 0.25) is 0 Å². The number of nitrogens with zero attached hydrogens (tertiary/aromatic N) is 3. The Labute approximate surface area is 141 Å². The minimum absolute atomic E-state index is 0.213. The number of primary amides is 1. The van der Waals surface area contributed by atoms with Gasteiger partial charge in [0.2, 0.25) is 5.91 Å². The van der Waals surface area contributed by atoms with Crippen LogP contribution in [0.4, 0.5) is 0 Å². The number of nitrogens with two attached hydrogens (primary N) is 1. The lowest BCUT2D eigenvalue weighted by Crippen LogP contribution is -2.31. The minimum atomic E-state index is -0.632. The van der Waals surface area contributed by atoms with Crippen molar-refractivity contribution in [2.45, 2.75) is 44.1 Å². The highest BCUT2D eigenvalue weighted by molar-refractivity contribution is 5.88. The topological polar surface area (TPSA) is 83.0 Å². The molecule has 4 rings (SSSR count). The highest BCUT2D eigenvalue weighted by Crippen LogP contribution is 2.47. The summed E-state index contributed by atoms with van der Waals surface area (Å²) >= 11 is 0. The largest absolute Gasteiger partial charge is 0.381 e. The van der Waals surface area contributed by atoms with Gasteiger partial charge in [0.15, 0.2) is 5.82 Å². The molecule has 126 valence electrons. The van der Waals surface area contributed by atoms with Crippen molar-refractivity contribution in [3.63, 3.8) is 0 Å².